The van der Waals surface area contributed by atoms with E-state index in [1.807, 2.05) is 39.0 Å². The van der Waals surface area contributed by atoms with Crippen molar-refractivity contribution in [1.29, 1.82) is 0 Å². The lowest BCUT2D eigenvalue weighted by Gasteiger charge is -2.31. The summed E-state index contributed by atoms with van der Waals surface area (Å²) < 4.78 is 16.5. The topological polar surface area (TPSA) is 93.9 Å². The number of aromatic nitrogens is 1. The molecule has 32 heavy (non-hydrogen) atoms. The smallest absolute Gasteiger partial charge is 0.246 e. The molecule has 2 heterocycles. The first-order valence-electron chi connectivity index (χ1n) is 10.9. The van der Waals surface area contributed by atoms with E-state index in [2.05, 4.69) is 10.5 Å². The van der Waals surface area contributed by atoms with Crippen LogP contribution in [0.1, 0.15) is 42.3 Å². The molecule has 0 saturated carbocycles. The van der Waals surface area contributed by atoms with Gasteiger partial charge < -0.3 is 24.2 Å². The Morgan fingerprint density at radius 1 is 1.31 bits per heavy atom. The molecule has 1 aliphatic rings. The fourth-order valence-corrected chi connectivity index (χ4v) is 3.75. The van der Waals surface area contributed by atoms with E-state index in [0.29, 0.717) is 37.7 Å². The summed E-state index contributed by atoms with van der Waals surface area (Å²) in [5.74, 6) is 1.67. The van der Waals surface area contributed by atoms with E-state index in [9.17, 15) is 9.59 Å². The van der Waals surface area contributed by atoms with Gasteiger partial charge in [0, 0.05) is 25.7 Å². The van der Waals surface area contributed by atoms with E-state index in [-0.39, 0.29) is 17.7 Å². The van der Waals surface area contributed by atoms with Crippen LogP contribution in [0.3, 0.4) is 0 Å². The minimum atomic E-state index is -0.143. The predicted molar refractivity (Wildman–Crippen MR) is 120 cm³/mol. The van der Waals surface area contributed by atoms with Gasteiger partial charge in [0.15, 0.2) is 11.5 Å². The number of nitrogens with zero attached hydrogens (tertiary/aromatic N) is 2. The number of carbonyl (C=O) groups excluding carboxylic acids is 2. The zero-order valence-electron chi connectivity index (χ0n) is 19.1. The first-order chi connectivity index (χ1) is 15.4. The summed E-state index contributed by atoms with van der Waals surface area (Å²) in [6, 6.07) is 5.50. The van der Waals surface area contributed by atoms with Crippen LogP contribution in [-0.2, 0) is 16.2 Å². The number of carbonyl (C=O) groups is 2. The third kappa shape index (κ3) is 5.69. The standard InChI is InChI=1S/C24H31N3O5/c1-5-25-24(29)19-7-6-12-27(14-19)23(28)11-9-18-8-10-21(22(13-18)30-4)31-15-20-16(2)26-32-17(20)3/h8-11,13,19H,5-7,12,14-15H2,1-4H3,(H,25,29)/b11-9-/t19-/m0/s1. The fourth-order valence-electron chi connectivity index (χ4n) is 3.75. The number of methoxy groups -OCH3 is 1. The Balaban J connectivity index is 1.63. The highest BCUT2D eigenvalue weighted by Gasteiger charge is 2.27. The average molecular weight is 442 g/mol. The molecule has 1 N–H and O–H groups in total. The quantitative estimate of drug-likeness (QED) is 0.632. The van der Waals surface area contributed by atoms with Crippen molar-refractivity contribution >= 4 is 17.9 Å². The number of hydrogen-bond donors (Lipinski definition) is 1. The van der Waals surface area contributed by atoms with Crippen LogP contribution in [0.25, 0.3) is 6.08 Å². The van der Waals surface area contributed by atoms with Crippen molar-refractivity contribution < 1.29 is 23.6 Å². The van der Waals surface area contributed by atoms with Crippen molar-refractivity contribution in [2.45, 2.75) is 40.2 Å². The molecule has 0 bridgehead atoms. The van der Waals surface area contributed by atoms with Crippen LogP contribution in [0.4, 0.5) is 0 Å². The van der Waals surface area contributed by atoms with E-state index in [4.69, 9.17) is 14.0 Å². The van der Waals surface area contributed by atoms with E-state index in [0.717, 1.165) is 35.4 Å². The van der Waals surface area contributed by atoms with E-state index in [1.165, 1.54) is 0 Å². The van der Waals surface area contributed by atoms with Gasteiger partial charge >= 0.3 is 0 Å². The highest BCUT2D eigenvalue weighted by Crippen LogP contribution is 2.30. The molecule has 8 heteroatoms. The minimum absolute atomic E-state index is 0.0193. The van der Waals surface area contributed by atoms with Crippen LogP contribution in [0, 0.1) is 19.8 Å². The van der Waals surface area contributed by atoms with Crippen molar-refractivity contribution in [2.75, 3.05) is 26.7 Å². The summed E-state index contributed by atoms with van der Waals surface area (Å²) >= 11 is 0. The Kier molecular flexibility index (Phi) is 7.92. The molecule has 0 spiro atoms. The number of nitrogens with one attached hydrogen (secondary N) is 1. The zero-order chi connectivity index (χ0) is 23.1. The number of ether oxygens (including phenoxy) is 2. The Morgan fingerprint density at radius 3 is 2.81 bits per heavy atom. The number of likely N-dealkylation sites (tertiary alicyclic amines) is 1. The maximum absolute atomic E-state index is 12.7. The molecular weight excluding hydrogens is 410 g/mol. The van der Waals surface area contributed by atoms with Crippen LogP contribution in [0.2, 0.25) is 0 Å². The van der Waals surface area contributed by atoms with Crippen molar-refractivity contribution in [3.63, 3.8) is 0 Å². The monoisotopic (exact) mass is 441 g/mol. The van der Waals surface area contributed by atoms with Gasteiger partial charge in [-0.25, -0.2) is 0 Å². The summed E-state index contributed by atoms with van der Waals surface area (Å²) in [4.78, 5) is 26.5. The molecule has 0 radical (unpaired) electrons. The molecular formula is C24H31N3O5. The van der Waals surface area contributed by atoms with Gasteiger partial charge in [0.2, 0.25) is 11.8 Å². The van der Waals surface area contributed by atoms with Gasteiger partial charge in [-0.2, -0.15) is 0 Å². The van der Waals surface area contributed by atoms with Gasteiger partial charge in [-0.15, -0.1) is 0 Å². The average Bonchev–Trinajstić information content (AvgIpc) is 3.13. The number of piperidine rings is 1. The third-order valence-corrected chi connectivity index (χ3v) is 5.61. The first-order valence-corrected chi connectivity index (χ1v) is 10.9. The van der Waals surface area contributed by atoms with Gasteiger partial charge in [-0.1, -0.05) is 11.2 Å². The summed E-state index contributed by atoms with van der Waals surface area (Å²) in [6.45, 7) is 7.66. The van der Waals surface area contributed by atoms with E-state index < -0.39 is 0 Å². The van der Waals surface area contributed by atoms with Crippen LogP contribution in [-0.4, -0.2) is 48.6 Å². The molecule has 3 rings (SSSR count). The van der Waals surface area contributed by atoms with Crippen molar-refractivity contribution in [3.05, 3.63) is 46.9 Å². The van der Waals surface area contributed by atoms with Crippen molar-refractivity contribution in [2.24, 2.45) is 5.92 Å². The van der Waals surface area contributed by atoms with Crippen molar-refractivity contribution in [3.8, 4) is 11.5 Å². The van der Waals surface area contributed by atoms with E-state index in [1.54, 1.807) is 24.2 Å². The molecule has 0 aliphatic carbocycles. The highest BCUT2D eigenvalue weighted by molar-refractivity contribution is 5.92. The van der Waals surface area contributed by atoms with Gasteiger partial charge in [0.05, 0.1) is 24.3 Å². The maximum atomic E-state index is 12.7. The second-order valence-corrected chi connectivity index (χ2v) is 7.85. The number of aryl methyl sites for hydroxylation is 2. The largest absolute Gasteiger partial charge is 0.493 e. The number of benzene rings is 1. The van der Waals surface area contributed by atoms with Crippen LogP contribution >= 0.6 is 0 Å². The molecule has 1 aromatic heterocycles. The highest BCUT2D eigenvalue weighted by atomic mass is 16.5. The lowest BCUT2D eigenvalue weighted by Crippen LogP contribution is -2.44. The molecule has 1 saturated heterocycles. The molecule has 1 aliphatic heterocycles. The van der Waals surface area contributed by atoms with Crippen LogP contribution in [0.5, 0.6) is 11.5 Å². The minimum Gasteiger partial charge on any atom is -0.493 e. The summed E-state index contributed by atoms with van der Waals surface area (Å²) in [6.07, 6.45) is 4.93. The Labute approximate surface area is 188 Å². The van der Waals surface area contributed by atoms with Crippen LogP contribution < -0.4 is 14.8 Å². The molecule has 1 aromatic carbocycles. The molecule has 172 valence electrons. The Bertz CT molecular complexity index is 963. The Morgan fingerprint density at radius 2 is 2.12 bits per heavy atom. The first kappa shape index (κ1) is 23.4. The van der Waals surface area contributed by atoms with E-state index >= 15 is 0 Å². The molecule has 2 amide bonds. The summed E-state index contributed by atoms with van der Waals surface area (Å²) in [5, 5.41) is 6.78. The molecule has 0 unspecified atom stereocenters. The van der Waals surface area contributed by atoms with Gasteiger partial charge in [0.1, 0.15) is 12.4 Å². The molecule has 8 nitrogen and oxygen atoms in total. The molecule has 1 atom stereocenters. The number of hydrogen-bond acceptors (Lipinski definition) is 6. The number of rotatable bonds is 8. The normalized spacial score (nSPS) is 16.2. The van der Waals surface area contributed by atoms with Gasteiger partial charge in [-0.3, -0.25) is 9.59 Å². The Hall–Kier alpha value is -3.29. The SMILES string of the molecule is CCNC(=O)[C@H]1CCCN(C(=O)/C=C\c2ccc(OCc3c(C)noc3C)c(OC)c2)C1. The fraction of sp³-hybridized carbons (Fsp3) is 0.458. The molecule has 1 fully saturated rings. The lowest BCUT2D eigenvalue weighted by atomic mass is 9.97. The zero-order valence-corrected chi connectivity index (χ0v) is 19.1. The summed E-state index contributed by atoms with van der Waals surface area (Å²) in [5.41, 5.74) is 2.53. The predicted octanol–water partition coefficient (Wildman–Crippen LogP) is 3.27. The second-order valence-electron chi connectivity index (χ2n) is 7.85. The number of amides is 2. The maximum Gasteiger partial charge on any atom is 0.246 e. The molecule has 2 aromatic rings. The van der Waals surface area contributed by atoms with Crippen LogP contribution in [0.15, 0.2) is 28.8 Å². The summed E-state index contributed by atoms with van der Waals surface area (Å²) in [7, 11) is 1.58. The van der Waals surface area contributed by atoms with Gasteiger partial charge in [-0.05, 0) is 57.4 Å². The lowest BCUT2D eigenvalue weighted by molar-refractivity contribution is -0.132. The second kappa shape index (κ2) is 10.8. The van der Waals surface area contributed by atoms with Gasteiger partial charge in [0.25, 0.3) is 0 Å². The van der Waals surface area contributed by atoms with Crippen molar-refractivity contribution in [1.82, 2.24) is 15.4 Å². The third-order valence-electron chi connectivity index (χ3n) is 5.61.